The molecule has 0 unspecified atom stereocenters. The van der Waals surface area contributed by atoms with Crippen LogP contribution >= 0.6 is 11.3 Å². The number of aromatic nitrogens is 2. The Morgan fingerprint density at radius 3 is 1.70 bits per heavy atom. The molecule has 2 heterocycles. The van der Waals surface area contributed by atoms with Gasteiger partial charge in [-0.05, 0) is 45.1 Å². The zero-order valence-corrected chi connectivity index (χ0v) is 24.0. The molecule has 2 nitrogen and oxygen atoms in total. The Bertz CT molecular complexity index is 2440. The topological polar surface area (TPSA) is 25.8 Å². The second kappa shape index (κ2) is 9.59. The average Bonchev–Trinajstić information content (AvgIpc) is 3.47. The van der Waals surface area contributed by atoms with Crippen LogP contribution in [0.5, 0.6) is 0 Å². The summed E-state index contributed by atoms with van der Waals surface area (Å²) in [5.41, 5.74) is 5.00. The predicted molar refractivity (Wildman–Crippen MR) is 184 cm³/mol. The predicted octanol–water partition coefficient (Wildman–Crippen LogP) is 11.3. The van der Waals surface area contributed by atoms with Crippen molar-refractivity contribution in [3.63, 3.8) is 0 Å². The normalized spacial score (nSPS) is 11.7. The molecule has 0 aliphatic carbocycles. The number of benzene rings is 7. The summed E-state index contributed by atoms with van der Waals surface area (Å²) in [6.07, 6.45) is 0. The van der Waals surface area contributed by atoms with E-state index in [9.17, 15) is 0 Å². The number of hydrogen-bond donors (Lipinski definition) is 0. The van der Waals surface area contributed by atoms with Crippen molar-refractivity contribution in [3.05, 3.63) is 146 Å². The molecular weight excluding hydrogens is 541 g/mol. The highest BCUT2D eigenvalue weighted by Crippen LogP contribution is 2.45. The highest BCUT2D eigenvalue weighted by molar-refractivity contribution is 7.26. The van der Waals surface area contributed by atoms with E-state index in [2.05, 4.69) is 121 Å². The van der Waals surface area contributed by atoms with Gasteiger partial charge in [0.1, 0.15) is 0 Å². The molecule has 0 saturated carbocycles. The molecule has 0 amide bonds. The Balaban J connectivity index is 1.35. The van der Waals surface area contributed by atoms with Crippen molar-refractivity contribution in [3.8, 4) is 33.9 Å². The summed E-state index contributed by atoms with van der Waals surface area (Å²) in [6.45, 7) is 0. The monoisotopic (exact) mass is 564 g/mol. The van der Waals surface area contributed by atoms with Crippen LogP contribution < -0.4 is 0 Å². The van der Waals surface area contributed by atoms with Crippen LogP contribution in [0.2, 0.25) is 0 Å². The minimum atomic E-state index is 0.729. The second-order valence-electron chi connectivity index (χ2n) is 11.0. The molecule has 200 valence electrons. The first-order valence-electron chi connectivity index (χ1n) is 14.5. The summed E-state index contributed by atoms with van der Waals surface area (Å²) in [7, 11) is 0. The summed E-state index contributed by atoms with van der Waals surface area (Å²) in [6, 6.07) is 51.8. The standard InChI is InChI=1S/C40H24N2S/c1-3-11-25(12-4-1)35-24-36(42-40(41-35)26-13-5-2-6-14-26)27-19-20-32-34(23-27)29-16-8-7-15-28(29)31-21-22-33-30-17-9-10-18-37(30)43-39(33)38(31)32/h1-24H. The minimum Gasteiger partial charge on any atom is -0.228 e. The van der Waals surface area contributed by atoms with Gasteiger partial charge in [-0.1, -0.05) is 127 Å². The highest BCUT2D eigenvalue weighted by Gasteiger charge is 2.16. The lowest BCUT2D eigenvalue weighted by Crippen LogP contribution is -1.96. The minimum absolute atomic E-state index is 0.729. The molecule has 0 aliphatic heterocycles. The van der Waals surface area contributed by atoms with Gasteiger partial charge in [-0.2, -0.15) is 0 Å². The van der Waals surface area contributed by atoms with E-state index in [0.717, 1.165) is 33.9 Å². The van der Waals surface area contributed by atoms with Crippen LogP contribution in [0.1, 0.15) is 0 Å². The Morgan fingerprint density at radius 1 is 0.372 bits per heavy atom. The fourth-order valence-corrected chi connectivity index (χ4v) is 7.71. The Morgan fingerprint density at radius 2 is 0.930 bits per heavy atom. The maximum absolute atomic E-state index is 5.12. The van der Waals surface area contributed by atoms with Crippen LogP contribution in [0.25, 0.3) is 86.4 Å². The van der Waals surface area contributed by atoms with Crippen LogP contribution in [-0.4, -0.2) is 9.97 Å². The van der Waals surface area contributed by atoms with Crippen molar-refractivity contribution >= 4 is 63.8 Å². The van der Waals surface area contributed by atoms with Crippen LogP contribution in [0, 0.1) is 0 Å². The van der Waals surface area contributed by atoms with E-state index in [0.29, 0.717) is 0 Å². The molecule has 0 N–H and O–H groups in total. The van der Waals surface area contributed by atoms with Gasteiger partial charge in [0.2, 0.25) is 0 Å². The van der Waals surface area contributed by atoms with E-state index in [1.54, 1.807) is 0 Å². The van der Waals surface area contributed by atoms with Gasteiger partial charge in [0.05, 0.1) is 11.4 Å². The van der Waals surface area contributed by atoms with Gasteiger partial charge < -0.3 is 0 Å². The lowest BCUT2D eigenvalue weighted by molar-refractivity contribution is 1.18. The summed E-state index contributed by atoms with van der Waals surface area (Å²) in [4.78, 5) is 10.1. The molecule has 0 atom stereocenters. The fraction of sp³-hybridized carbons (Fsp3) is 0. The van der Waals surface area contributed by atoms with E-state index in [1.165, 1.54) is 52.5 Å². The molecule has 0 radical (unpaired) electrons. The first-order chi connectivity index (χ1) is 21.3. The fourth-order valence-electron chi connectivity index (χ4n) is 6.45. The van der Waals surface area contributed by atoms with Crippen LogP contribution in [0.3, 0.4) is 0 Å². The number of hydrogen-bond acceptors (Lipinski definition) is 3. The number of thiophene rings is 1. The van der Waals surface area contributed by atoms with Crippen molar-refractivity contribution in [2.75, 3.05) is 0 Å². The van der Waals surface area contributed by atoms with Gasteiger partial charge in [-0.3, -0.25) is 0 Å². The molecule has 3 heteroatoms. The van der Waals surface area contributed by atoms with E-state index >= 15 is 0 Å². The molecule has 2 aromatic heterocycles. The Labute approximate surface area is 252 Å². The summed E-state index contributed by atoms with van der Waals surface area (Å²) >= 11 is 1.89. The molecule has 0 saturated heterocycles. The second-order valence-corrected chi connectivity index (χ2v) is 12.0. The molecule has 43 heavy (non-hydrogen) atoms. The number of nitrogens with zero attached hydrogens (tertiary/aromatic N) is 2. The smallest absolute Gasteiger partial charge is 0.160 e. The van der Waals surface area contributed by atoms with Crippen LogP contribution in [0.15, 0.2) is 146 Å². The van der Waals surface area contributed by atoms with Crippen molar-refractivity contribution < 1.29 is 0 Å². The highest BCUT2D eigenvalue weighted by atomic mass is 32.1. The molecule has 0 spiro atoms. The van der Waals surface area contributed by atoms with Crippen LogP contribution in [0.4, 0.5) is 0 Å². The van der Waals surface area contributed by atoms with E-state index in [-0.39, 0.29) is 0 Å². The molecule has 0 bridgehead atoms. The van der Waals surface area contributed by atoms with Crippen molar-refractivity contribution in [2.24, 2.45) is 0 Å². The van der Waals surface area contributed by atoms with Gasteiger partial charge >= 0.3 is 0 Å². The van der Waals surface area contributed by atoms with Crippen molar-refractivity contribution in [1.82, 2.24) is 9.97 Å². The van der Waals surface area contributed by atoms with E-state index < -0.39 is 0 Å². The van der Waals surface area contributed by atoms with Gasteiger partial charge in [-0.15, -0.1) is 11.3 Å². The summed E-state index contributed by atoms with van der Waals surface area (Å²) in [5.74, 6) is 0.729. The Hall–Kier alpha value is -5.38. The quantitative estimate of drug-likeness (QED) is 0.199. The van der Waals surface area contributed by atoms with Crippen molar-refractivity contribution in [2.45, 2.75) is 0 Å². The average molecular weight is 565 g/mol. The third kappa shape index (κ3) is 3.86. The first-order valence-corrected chi connectivity index (χ1v) is 15.3. The molecule has 7 aromatic carbocycles. The Kier molecular flexibility index (Phi) is 5.40. The maximum atomic E-state index is 5.12. The van der Waals surface area contributed by atoms with E-state index in [4.69, 9.17) is 9.97 Å². The third-order valence-corrected chi connectivity index (χ3v) is 9.67. The molecule has 9 rings (SSSR count). The third-order valence-electron chi connectivity index (χ3n) is 8.47. The molecule has 0 aliphatic rings. The van der Waals surface area contributed by atoms with Gasteiger partial charge in [0.15, 0.2) is 5.82 Å². The molecular formula is C40H24N2S. The van der Waals surface area contributed by atoms with Crippen LogP contribution in [-0.2, 0) is 0 Å². The van der Waals surface area contributed by atoms with Crippen molar-refractivity contribution in [1.29, 1.82) is 0 Å². The lowest BCUT2D eigenvalue weighted by Gasteiger charge is -2.14. The molecule has 9 aromatic rings. The summed E-state index contributed by atoms with van der Waals surface area (Å²) < 4.78 is 2.67. The zero-order chi connectivity index (χ0) is 28.3. The largest absolute Gasteiger partial charge is 0.228 e. The maximum Gasteiger partial charge on any atom is 0.160 e. The zero-order valence-electron chi connectivity index (χ0n) is 23.2. The van der Waals surface area contributed by atoms with Gasteiger partial charge in [0, 0.05) is 42.2 Å². The lowest BCUT2D eigenvalue weighted by atomic mass is 9.92. The molecule has 0 fully saturated rings. The van der Waals surface area contributed by atoms with Gasteiger partial charge in [-0.25, -0.2) is 9.97 Å². The first kappa shape index (κ1) is 24.2. The van der Waals surface area contributed by atoms with E-state index in [1.807, 2.05) is 35.6 Å². The van der Waals surface area contributed by atoms with Gasteiger partial charge in [0.25, 0.3) is 0 Å². The number of rotatable bonds is 3. The summed E-state index contributed by atoms with van der Waals surface area (Å²) in [5, 5.41) is 10.3. The SMILES string of the molecule is c1ccc(-c2cc(-c3ccc4c(c3)c3ccccc3c3ccc5c6ccccc6sc5c34)nc(-c3ccccc3)n2)cc1. The number of fused-ring (bicyclic) bond motifs is 10.